The highest BCUT2D eigenvalue weighted by molar-refractivity contribution is 5.55. The van der Waals surface area contributed by atoms with Crippen LogP contribution in [0.5, 0.6) is 0 Å². The van der Waals surface area contributed by atoms with Crippen molar-refractivity contribution in [3.05, 3.63) is 95.6 Å². The number of nitrogens with two attached hydrogens (primary N) is 1. The van der Waals surface area contributed by atoms with Gasteiger partial charge in [-0.25, -0.2) is 15.0 Å². The van der Waals surface area contributed by atoms with Crippen molar-refractivity contribution in [2.75, 3.05) is 0 Å². The van der Waals surface area contributed by atoms with Crippen molar-refractivity contribution in [2.45, 2.75) is 26.7 Å². The van der Waals surface area contributed by atoms with Gasteiger partial charge in [0.15, 0.2) is 0 Å². The average molecular weight is 397 g/mol. The lowest BCUT2D eigenvalue weighted by Crippen LogP contribution is -2.02. The maximum Gasteiger partial charge on any atom is 0.0893 e. The zero-order valence-electron chi connectivity index (χ0n) is 16.8. The van der Waals surface area contributed by atoms with E-state index in [9.17, 15) is 0 Å². The third-order valence-corrected chi connectivity index (χ3v) is 4.54. The number of nitrogens with zero attached hydrogens (tertiary/aromatic N) is 4. The van der Waals surface area contributed by atoms with Crippen molar-refractivity contribution >= 4 is 0 Å². The number of hydrogen-bond donors (Lipinski definition) is 1. The van der Waals surface area contributed by atoms with Crippen molar-refractivity contribution in [2.24, 2.45) is 5.73 Å². The first-order chi connectivity index (χ1) is 14.7. The van der Waals surface area contributed by atoms with Crippen LogP contribution in [0.4, 0.5) is 0 Å². The molecule has 4 aromatic heterocycles. The molecule has 0 spiro atoms. The number of pyridine rings is 4. The van der Waals surface area contributed by atoms with Gasteiger partial charge in [-0.2, -0.15) is 0 Å². The van der Waals surface area contributed by atoms with E-state index in [2.05, 4.69) is 19.9 Å². The smallest absolute Gasteiger partial charge is 0.0893 e. The lowest BCUT2D eigenvalue weighted by molar-refractivity contribution is 0.102. The zero-order valence-corrected chi connectivity index (χ0v) is 16.8. The van der Waals surface area contributed by atoms with Gasteiger partial charge < -0.3 is 10.5 Å². The molecule has 150 valence electrons. The van der Waals surface area contributed by atoms with Crippen LogP contribution in [0, 0.1) is 6.92 Å². The Morgan fingerprint density at radius 2 is 1.03 bits per heavy atom. The van der Waals surface area contributed by atoms with Crippen molar-refractivity contribution in [3.8, 4) is 22.8 Å². The van der Waals surface area contributed by atoms with E-state index in [1.807, 2.05) is 79.7 Å². The van der Waals surface area contributed by atoms with Gasteiger partial charge in [-0.3, -0.25) is 4.98 Å². The molecule has 2 N–H and O–H groups in total. The normalized spacial score (nSPS) is 10.9. The van der Waals surface area contributed by atoms with E-state index < -0.39 is 0 Å². The van der Waals surface area contributed by atoms with Crippen LogP contribution in [-0.4, -0.2) is 19.9 Å². The molecule has 0 aliphatic carbocycles. The fourth-order valence-corrected chi connectivity index (χ4v) is 3.09. The third kappa shape index (κ3) is 4.92. The summed E-state index contributed by atoms with van der Waals surface area (Å²) < 4.78 is 5.87. The number of rotatable bonds is 7. The molecule has 0 saturated heterocycles. The number of ether oxygens (including phenoxy) is 1. The molecule has 0 aliphatic rings. The van der Waals surface area contributed by atoms with E-state index in [0.717, 1.165) is 45.6 Å². The molecule has 30 heavy (non-hydrogen) atoms. The Morgan fingerprint density at radius 1 is 0.600 bits per heavy atom. The van der Waals surface area contributed by atoms with Crippen LogP contribution in [0.25, 0.3) is 22.8 Å². The highest BCUT2D eigenvalue weighted by Crippen LogP contribution is 2.17. The van der Waals surface area contributed by atoms with E-state index in [4.69, 9.17) is 10.5 Å². The second-order valence-corrected chi connectivity index (χ2v) is 6.90. The lowest BCUT2D eigenvalue weighted by Gasteiger charge is -2.08. The van der Waals surface area contributed by atoms with E-state index in [1.165, 1.54) is 0 Å². The molecule has 4 heterocycles. The molecular weight excluding hydrogens is 374 g/mol. The van der Waals surface area contributed by atoms with Gasteiger partial charge in [0.2, 0.25) is 0 Å². The third-order valence-electron chi connectivity index (χ3n) is 4.54. The summed E-state index contributed by atoms with van der Waals surface area (Å²) in [5, 5.41) is 0. The van der Waals surface area contributed by atoms with Gasteiger partial charge in [-0.05, 0) is 55.5 Å². The molecule has 6 nitrogen and oxygen atoms in total. The summed E-state index contributed by atoms with van der Waals surface area (Å²) in [7, 11) is 0. The minimum absolute atomic E-state index is 0.388. The van der Waals surface area contributed by atoms with Crippen molar-refractivity contribution in [1.82, 2.24) is 19.9 Å². The second kappa shape index (κ2) is 9.35. The Kier molecular flexibility index (Phi) is 6.17. The minimum Gasteiger partial charge on any atom is -0.369 e. The van der Waals surface area contributed by atoms with Gasteiger partial charge in [0.05, 0.1) is 53.1 Å². The molecule has 4 aromatic rings. The van der Waals surface area contributed by atoms with Crippen LogP contribution in [-0.2, 0) is 24.5 Å². The van der Waals surface area contributed by atoms with Crippen molar-refractivity contribution < 1.29 is 4.74 Å². The quantitative estimate of drug-likeness (QED) is 0.505. The van der Waals surface area contributed by atoms with E-state index in [-0.39, 0.29) is 0 Å². The maximum absolute atomic E-state index is 5.87. The van der Waals surface area contributed by atoms with Crippen molar-refractivity contribution in [1.29, 1.82) is 0 Å². The standard InChI is InChI=1S/C24H23N5O/c1-17-6-2-10-21(26-17)22-12-4-8-19(28-22)15-30-16-20-9-5-13-24(29-20)23-11-3-7-18(14-25)27-23/h2-13H,14-16,25H2,1H3. The molecular formula is C24H23N5O. The van der Waals surface area contributed by atoms with Crippen LogP contribution in [0.1, 0.15) is 22.8 Å². The minimum atomic E-state index is 0.388. The Bertz CT molecular complexity index is 1150. The Morgan fingerprint density at radius 3 is 1.53 bits per heavy atom. The van der Waals surface area contributed by atoms with E-state index >= 15 is 0 Å². The molecule has 0 aromatic carbocycles. The number of aryl methyl sites for hydroxylation is 1. The first-order valence-corrected chi connectivity index (χ1v) is 9.81. The first-order valence-electron chi connectivity index (χ1n) is 9.81. The van der Waals surface area contributed by atoms with Crippen LogP contribution < -0.4 is 5.73 Å². The fraction of sp³-hybridized carbons (Fsp3) is 0.167. The monoisotopic (exact) mass is 397 g/mol. The summed E-state index contributed by atoms with van der Waals surface area (Å²) in [4.78, 5) is 18.4. The molecule has 0 aliphatic heterocycles. The van der Waals surface area contributed by atoms with Gasteiger partial charge in [0.1, 0.15) is 0 Å². The van der Waals surface area contributed by atoms with Gasteiger partial charge >= 0.3 is 0 Å². The van der Waals surface area contributed by atoms with Crippen LogP contribution in [0.2, 0.25) is 0 Å². The molecule has 0 radical (unpaired) electrons. The highest BCUT2D eigenvalue weighted by atomic mass is 16.5. The molecule has 0 bridgehead atoms. The first kappa shape index (κ1) is 19.8. The summed E-state index contributed by atoms with van der Waals surface area (Å²) >= 11 is 0. The molecule has 4 rings (SSSR count). The molecule has 0 fully saturated rings. The van der Waals surface area contributed by atoms with Crippen molar-refractivity contribution in [3.63, 3.8) is 0 Å². The lowest BCUT2D eigenvalue weighted by atomic mass is 10.2. The maximum atomic E-state index is 5.87. The predicted octanol–water partition coefficient (Wildman–Crippen LogP) is 4.08. The second-order valence-electron chi connectivity index (χ2n) is 6.90. The highest BCUT2D eigenvalue weighted by Gasteiger charge is 2.06. The fourth-order valence-electron chi connectivity index (χ4n) is 3.09. The molecule has 0 atom stereocenters. The van der Waals surface area contributed by atoms with E-state index in [1.54, 1.807) is 0 Å². The summed E-state index contributed by atoms with van der Waals surface area (Å²) in [6.07, 6.45) is 0. The molecule has 0 saturated carbocycles. The average Bonchev–Trinajstić information content (AvgIpc) is 2.79. The summed E-state index contributed by atoms with van der Waals surface area (Å²) in [5.41, 5.74) is 12.5. The topological polar surface area (TPSA) is 86.8 Å². The van der Waals surface area contributed by atoms with Crippen LogP contribution in [0.15, 0.2) is 72.8 Å². The molecule has 6 heteroatoms. The predicted molar refractivity (Wildman–Crippen MR) is 116 cm³/mol. The van der Waals surface area contributed by atoms with Gasteiger partial charge in [0.25, 0.3) is 0 Å². The SMILES string of the molecule is Cc1cccc(-c2cccc(COCc3cccc(-c4cccc(CN)n4)n3)n2)n1. The summed E-state index contributed by atoms with van der Waals surface area (Å²) in [6.45, 7) is 3.16. The number of hydrogen-bond acceptors (Lipinski definition) is 6. The van der Waals surface area contributed by atoms with Gasteiger partial charge in [-0.1, -0.05) is 24.3 Å². The summed E-state index contributed by atoms with van der Waals surface area (Å²) in [6, 6.07) is 23.4. The van der Waals surface area contributed by atoms with Crippen LogP contribution in [0.3, 0.4) is 0 Å². The Balaban J connectivity index is 1.42. The van der Waals surface area contributed by atoms with E-state index in [0.29, 0.717) is 19.8 Å². The molecule has 0 amide bonds. The number of aromatic nitrogens is 4. The Hall–Kier alpha value is -3.48. The molecule has 0 unspecified atom stereocenters. The summed E-state index contributed by atoms with van der Waals surface area (Å²) in [5.74, 6) is 0. The van der Waals surface area contributed by atoms with Crippen LogP contribution >= 0.6 is 0 Å². The van der Waals surface area contributed by atoms with Gasteiger partial charge in [0, 0.05) is 12.2 Å². The largest absolute Gasteiger partial charge is 0.369 e. The Labute approximate surface area is 175 Å². The zero-order chi connectivity index (χ0) is 20.8. The van der Waals surface area contributed by atoms with Gasteiger partial charge in [-0.15, -0.1) is 0 Å².